The molecule has 0 saturated carbocycles. The van der Waals surface area contributed by atoms with Crippen molar-refractivity contribution < 1.29 is 28.6 Å². The fourth-order valence-corrected chi connectivity index (χ4v) is 9.72. The third-order valence-corrected chi connectivity index (χ3v) is 14.7. The summed E-state index contributed by atoms with van der Waals surface area (Å²) in [6.45, 7) is 6.65. The number of carbonyl (C=O) groups is 3. The average Bonchev–Trinajstić information content (AvgIpc) is 3.42. The molecule has 0 aliphatic rings. The maximum Gasteiger partial charge on any atom is 0.306 e. The van der Waals surface area contributed by atoms with Gasteiger partial charge in [0.25, 0.3) is 0 Å². The van der Waals surface area contributed by atoms with Crippen LogP contribution in [0.2, 0.25) is 0 Å². The van der Waals surface area contributed by atoms with Gasteiger partial charge in [-0.25, -0.2) is 0 Å². The Kier molecular flexibility index (Phi) is 62.2. The van der Waals surface area contributed by atoms with Crippen molar-refractivity contribution >= 4 is 17.9 Å². The average molecular weight is 1060 g/mol. The van der Waals surface area contributed by atoms with E-state index in [9.17, 15) is 14.4 Å². The molecule has 0 aromatic heterocycles. The molecule has 0 N–H and O–H groups in total. The SMILES string of the molecule is CCCCC/C=C\C/C=C\CCCCCCCCCCCC(=O)OC(COC(=O)CCCCCCCCCC/C=C\C/C=C\C/C=C\CCCCCCC)COC(=O)CCCCCCCCCCCCCCCCCC. The highest BCUT2D eigenvalue weighted by Gasteiger charge is 2.19. The van der Waals surface area contributed by atoms with Crippen molar-refractivity contribution in [3.05, 3.63) is 60.8 Å². The fourth-order valence-electron chi connectivity index (χ4n) is 9.72. The maximum atomic E-state index is 12.9. The second-order valence-corrected chi connectivity index (χ2v) is 22.4. The lowest BCUT2D eigenvalue weighted by Gasteiger charge is -2.18. The Bertz CT molecular complexity index is 1360. The van der Waals surface area contributed by atoms with Crippen LogP contribution in [0.1, 0.15) is 348 Å². The van der Waals surface area contributed by atoms with Gasteiger partial charge in [0.1, 0.15) is 13.2 Å². The predicted octanol–water partition coefficient (Wildman–Crippen LogP) is 22.7. The van der Waals surface area contributed by atoms with Gasteiger partial charge in [-0.2, -0.15) is 0 Å². The smallest absolute Gasteiger partial charge is 0.306 e. The van der Waals surface area contributed by atoms with E-state index in [4.69, 9.17) is 14.2 Å². The quantitative estimate of drug-likeness (QED) is 0.0261. The van der Waals surface area contributed by atoms with Gasteiger partial charge in [0.05, 0.1) is 0 Å². The molecule has 0 aliphatic heterocycles. The highest BCUT2D eigenvalue weighted by molar-refractivity contribution is 5.71. The van der Waals surface area contributed by atoms with E-state index in [2.05, 4.69) is 81.5 Å². The number of rotatable bonds is 61. The Morgan fingerprint density at radius 3 is 0.763 bits per heavy atom. The van der Waals surface area contributed by atoms with Gasteiger partial charge in [0.2, 0.25) is 0 Å². The normalized spacial score (nSPS) is 12.4. The van der Waals surface area contributed by atoms with E-state index < -0.39 is 6.10 Å². The number of hydrogen-bond acceptors (Lipinski definition) is 6. The minimum absolute atomic E-state index is 0.0748. The summed E-state index contributed by atoms with van der Waals surface area (Å²) < 4.78 is 17.0. The van der Waals surface area contributed by atoms with Crippen molar-refractivity contribution in [3.8, 4) is 0 Å². The summed E-state index contributed by atoms with van der Waals surface area (Å²) in [6.07, 6.45) is 82.2. The largest absolute Gasteiger partial charge is 0.462 e. The molecule has 0 heterocycles. The zero-order chi connectivity index (χ0) is 55.0. The molecule has 0 aliphatic carbocycles. The highest BCUT2D eigenvalue weighted by Crippen LogP contribution is 2.17. The van der Waals surface area contributed by atoms with Crippen molar-refractivity contribution in [2.45, 2.75) is 354 Å². The summed E-state index contributed by atoms with van der Waals surface area (Å²) in [7, 11) is 0. The molecule has 6 nitrogen and oxygen atoms in total. The number of ether oxygens (including phenoxy) is 3. The molecule has 0 amide bonds. The Hall–Kier alpha value is -2.89. The van der Waals surface area contributed by atoms with E-state index in [0.29, 0.717) is 19.3 Å². The number of esters is 3. The van der Waals surface area contributed by atoms with Gasteiger partial charge in [0.15, 0.2) is 6.10 Å². The van der Waals surface area contributed by atoms with Crippen LogP contribution >= 0.6 is 0 Å². The second-order valence-electron chi connectivity index (χ2n) is 22.4. The van der Waals surface area contributed by atoms with Crippen LogP contribution in [0.5, 0.6) is 0 Å². The first-order valence-corrected chi connectivity index (χ1v) is 33.3. The van der Waals surface area contributed by atoms with E-state index in [1.807, 2.05) is 0 Å². The fraction of sp³-hybridized carbons (Fsp3) is 0.814. The third kappa shape index (κ3) is 62.0. The Balaban J connectivity index is 4.35. The molecule has 0 radical (unpaired) electrons. The van der Waals surface area contributed by atoms with Crippen molar-refractivity contribution in [3.63, 3.8) is 0 Å². The summed E-state index contributed by atoms with van der Waals surface area (Å²) in [5.41, 5.74) is 0. The van der Waals surface area contributed by atoms with Gasteiger partial charge < -0.3 is 14.2 Å². The minimum atomic E-state index is -0.779. The van der Waals surface area contributed by atoms with Crippen LogP contribution in [0, 0.1) is 0 Å². The van der Waals surface area contributed by atoms with Crippen molar-refractivity contribution in [2.24, 2.45) is 0 Å². The van der Waals surface area contributed by atoms with Crippen LogP contribution in [-0.2, 0) is 28.6 Å². The third-order valence-electron chi connectivity index (χ3n) is 14.7. The van der Waals surface area contributed by atoms with Gasteiger partial charge in [0, 0.05) is 19.3 Å². The zero-order valence-corrected chi connectivity index (χ0v) is 50.8. The molecule has 0 rings (SSSR count). The second kappa shape index (κ2) is 64.6. The molecule has 1 unspecified atom stereocenters. The first-order valence-electron chi connectivity index (χ1n) is 33.3. The molecule has 0 aromatic carbocycles. The molecular weight excluding hydrogens is 937 g/mol. The standard InChI is InChI=1S/C70H126O6/c1-4-7-10-13-16-19-22-25-28-31-33-34-35-36-38-39-42-45-48-51-54-57-60-63-69(72)75-66-67(65-74-68(71)62-59-56-53-50-47-44-41-30-27-24-21-18-15-12-9-6-3)76-70(73)64-61-58-55-52-49-46-43-40-37-32-29-26-23-20-17-14-11-8-5-2/h17,20,22,25-26,29,31,33,35-36,67H,4-16,18-19,21,23-24,27-28,30,32,34,37-66H2,1-3H3/b20-17-,25-22-,29-26-,33-31-,36-35-. The summed E-state index contributed by atoms with van der Waals surface area (Å²) >= 11 is 0. The van der Waals surface area contributed by atoms with E-state index in [1.165, 1.54) is 225 Å². The molecule has 0 fully saturated rings. The van der Waals surface area contributed by atoms with Crippen molar-refractivity contribution in [1.82, 2.24) is 0 Å². The lowest BCUT2D eigenvalue weighted by atomic mass is 10.0. The number of carbonyl (C=O) groups excluding carboxylic acids is 3. The van der Waals surface area contributed by atoms with Gasteiger partial charge >= 0.3 is 17.9 Å². The predicted molar refractivity (Wildman–Crippen MR) is 330 cm³/mol. The molecular formula is C70H126O6. The van der Waals surface area contributed by atoms with Crippen LogP contribution in [0.25, 0.3) is 0 Å². The Morgan fingerprint density at radius 2 is 0.474 bits per heavy atom. The van der Waals surface area contributed by atoms with E-state index >= 15 is 0 Å². The molecule has 1 atom stereocenters. The lowest BCUT2D eigenvalue weighted by Crippen LogP contribution is -2.30. The van der Waals surface area contributed by atoms with E-state index in [0.717, 1.165) is 83.5 Å². The van der Waals surface area contributed by atoms with Crippen LogP contribution in [0.15, 0.2) is 60.8 Å². The van der Waals surface area contributed by atoms with Gasteiger partial charge in [-0.1, -0.05) is 300 Å². The number of unbranched alkanes of at least 4 members (excludes halogenated alkanes) is 40. The molecule has 0 aromatic rings. The molecule has 0 saturated heterocycles. The monoisotopic (exact) mass is 1060 g/mol. The maximum absolute atomic E-state index is 12.9. The first kappa shape index (κ1) is 73.1. The topological polar surface area (TPSA) is 78.9 Å². The van der Waals surface area contributed by atoms with Crippen LogP contribution in [0.4, 0.5) is 0 Å². The minimum Gasteiger partial charge on any atom is -0.462 e. The van der Waals surface area contributed by atoms with Crippen LogP contribution < -0.4 is 0 Å². The summed E-state index contributed by atoms with van der Waals surface area (Å²) in [5, 5.41) is 0. The van der Waals surface area contributed by atoms with Crippen LogP contribution in [0.3, 0.4) is 0 Å². The molecule has 76 heavy (non-hydrogen) atoms. The molecule has 0 spiro atoms. The zero-order valence-electron chi connectivity index (χ0n) is 50.8. The molecule has 6 heteroatoms. The molecule has 0 bridgehead atoms. The van der Waals surface area contributed by atoms with Gasteiger partial charge in [-0.3, -0.25) is 14.4 Å². The Labute approximate surface area is 472 Å². The number of hydrogen-bond donors (Lipinski definition) is 0. The first-order chi connectivity index (χ1) is 37.5. The van der Waals surface area contributed by atoms with Crippen molar-refractivity contribution in [1.29, 1.82) is 0 Å². The van der Waals surface area contributed by atoms with Crippen molar-refractivity contribution in [2.75, 3.05) is 13.2 Å². The summed E-state index contributed by atoms with van der Waals surface area (Å²) in [5.74, 6) is -0.866. The van der Waals surface area contributed by atoms with Gasteiger partial charge in [-0.05, 0) is 89.9 Å². The van der Waals surface area contributed by atoms with E-state index in [1.54, 1.807) is 0 Å². The summed E-state index contributed by atoms with van der Waals surface area (Å²) in [6, 6.07) is 0. The Morgan fingerprint density at radius 1 is 0.263 bits per heavy atom. The molecule has 442 valence electrons. The highest BCUT2D eigenvalue weighted by atomic mass is 16.6. The summed E-state index contributed by atoms with van der Waals surface area (Å²) in [4.78, 5) is 38.4. The lowest BCUT2D eigenvalue weighted by molar-refractivity contribution is -0.167. The van der Waals surface area contributed by atoms with Gasteiger partial charge in [-0.15, -0.1) is 0 Å². The van der Waals surface area contributed by atoms with E-state index in [-0.39, 0.29) is 31.1 Å². The number of allylic oxidation sites excluding steroid dienone is 10. The van der Waals surface area contributed by atoms with Crippen LogP contribution in [-0.4, -0.2) is 37.2 Å².